The third-order valence-electron chi connectivity index (χ3n) is 3.16. The van der Waals surface area contributed by atoms with Crippen molar-refractivity contribution in [3.05, 3.63) is 35.6 Å². The quantitative estimate of drug-likeness (QED) is 0.747. The van der Waals surface area contributed by atoms with Crippen molar-refractivity contribution in [2.75, 3.05) is 13.2 Å². The predicted octanol–water partition coefficient (Wildman–Crippen LogP) is 1.92. The number of rotatable bonds is 6. The Balaban J connectivity index is 1.98. The van der Waals surface area contributed by atoms with Crippen molar-refractivity contribution in [3.63, 3.8) is 0 Å². The Hall–Kier alpha value is -1.91. The molecule has 0 radical (unpaired) electrons. The molecule has 0 saturated heterocycles. The summed E-state index contributed by atoms with van der Waals surface area (Å²) in [4.78, 5) is 25.3. The van der Waals surface area contributed by atoms with Gasteiger partial charge in [-0.05, 0) is 37.5 Å². The second-order valence-corrected chi connectivity index (χ2v) is 4.86. The highest BCUT2D eigenvalue weighted by Gasteiger charge is 2.34. The van der Waals surface area contributed by atoms with Gasteiger partial charge in [0.15, 0.2) is 0 Å². The van der Waals surface area contributed by atoms with Gasteiger partial charge in [0.25, 0.3) is 0 Å². The maximum Gasteiger partial charge on any atom is 0.325 e. The van der Waals surface area contributed by atoms with Crippen molar-refractivity contribution < 1.29 is 18.7 Å². The highest BCUT2D eigenvalue weighted by atomic mass is 19.1. The van der Waals surface area contributed by atoms with Gasteiger partial charge >= 0.3 is 5.97 Å². The van der Waals surface area contributed by atoms with Crippen molar-refractivity contribution in [2.45, 2.75) is 32.2 Å². The average Bonchev–Trinajstić information content (AvgIpc) is 3.20. The molecule has 4 nitrogen and oxygen atoms in total. The SMILES string of the molecule is CCOC(=O)CN(C(=O)Cc1cccc(F)c1)C1CC1. The van der Waals surface area contributed by atoms with E-state index in [1.807, 2.05) is 0 Å². The molecule has 0 N–H and O–H groups in total. The molecule has 108 valence electrons. The fourth-order valence-corrected chi connectivity index (χ4v) is 2.08. The summed E-state index contributed by atoms with van der Waals surface area (Å²) in [7, 11) is 0. The molecule has 0 aliphatic heterocycles. The first-order valence-electron chi connectivity index (χ1n) is 6.79. The standard InChI is InChI=1S/C15H18FNO3/c1-2-20-15(19)10-17(13-6-7-13)14(18)9-11-4-3-5-12(16)8-11/h3-5,8,13H,2,6-7,9-10H2,1H3. The van der Waals surface area contributed by atoms with Crippen LogP contribution in [0, 0.1) is 5.82 Å². The van der Waals surface area contributed by atoms with Gasteiger partial charge in [0.05, 0.1) is 13.0 Å². The number of carbonyl (C=O) groups is 2. The van der Waals surface area contributed by atoms with E-state index >= 15 is 0 Å². The number of benzene rings is 1. The molecular weight excluding hydrogens is 261 g/mol. The van der Waals surface area contributed by atoms with E-state index < -0.39 is 5.97 Å². The van der Waals surface area contributed by atoms with E-state index in [9.17, 15) is 14.0 Å². The van der Waals surface area contributed by atoms with Gasteiger partial charge < -0.3 is 9.64 Å². The predicted molar refractivity (Wildman–Crippen MR) is 71.5 cm³/mol. The molecule has 1 aromatic rings. The lowest BCUT2D eigenvalue weighted by atomic mass is 10.1. The largest absolute Gasteiger partial charge is 0.465 e. The molecule has 1 aromatic carbocycles. The minimum absolute atomic E-state index is 0.0212. The van der Waals surface area contributed by atoms with Crippen LogP contribution < -0.4 is 0 Å². The van der Waals surface area contributed by atoms with Gasteiger partial charge in [-0.3, -0.25) is 9.59 Å². The maximum absolute atomic E-state index is 13.1. The zero-order valence-electron chi connectivity index (χ0n) is 11.5. The highest BCUT2D eigenvalue weighted by Crippen LogP contribution is 2.27. The summed E-state index contributed by atoms with van der Waals surface area (Å²) in [6.07, 6.45) is 1.93. The Labute approximate surface area is 117 Å². The summed E-state index contributed by atoms with van der Waals surface area (Å²) in [5.74, 6) is -0.920. The second kappa shape index (κ2) is 6.50. The fourth-order valence-electron chi connectivity index (χ4n) is 2.08. The first-order valence-corrected chi connectivity index (χ1v) is 6.79. The van der Waals surface area contributed by atoms with Gasteiger partial charge in [0.2, 0.25) is 5.91 Å². The number of amides is 1. The van der Waals surface area contributed by atoms with E-state index in [2.05, 4.69) is 0 Å². The van der Waals surface area contributed by atoms with Crippen molar-refractivity contribution in [1.82, 2.24) is 4.90 Å². The van der Waals surface area contributed by atoms with Gasteiger partial charge in [0.1, 0.15) is 12.4 Å². The molecule has 0 spiro atoms. The van der Waals surface area contributed by atoms with E-state index in [1.165, 1.54) is 12.1 Å². The second-order valence-electron chi connectivity index (χ2n) is 4.86. The Bertz CT molecular complexity index is 500. The number of nitrogens with zero attached hydrogens (tertiary/aromatic N) is 1. The normalized spacial score (nSPS) is 13.9. The molecule has 1 amide bonds. The first kappa shape index (κ1) is 14.5. The summed E-state index contributed by atoms with van der Waals surface area (Å²) < 4.78 is 18.0. The van der Waals surface area contributed by atoms with Crippen LogP contribution in [0.1, 0.15) is 25.3 Å². The minimum Gasteiger partial charge on any atom is -0.465 e. The molecule has 1 aliphatic carbocycles. The van der Waals surface area contributed by atoms with E-state index in [4.69, 9.17) is 4.74 Å². The van der Waals surface area contributed by atoms with Crippen LogP contribution in [0.3, 0.4) is 0 Å². The van der Waals surface area contributed by atoms with Gasteiger partial charge in [-0.25, -0.2) is 4.39 Å². The van der Waals surface area contributed by atoms with E-state index in [0.717, 1.165) is 12.8 Å². The monoisotopic (exact) mass is 279 g/mol. The number of halogens is 1. The van der Waals surface area contributed by atoms with Gasteiger partial charge in [-0.2, -0.15) is 0 Å². The van der Waals surface area contributed by atoms with Crippen LogP contribution >= 0.6 is 0 Å². The number of hydrogen-bond acceptors (Lipinski definition) is 3. The number of hydrogen-bond donors (Lipinski definition) is 0. The highest BCUT2D eigenvalue weighted by molar-refractivity contribution is 5.84. The van der Waals surface area contributed by atoms with Crippen molar-refractivity contribution >= 4 is 11.9 Å². The van der Waals surface area contributed by atoms with Crippen LogP contribution in [-0.2, 0) is 20.7 Å². The molecule has 5 heteroatoms. The van der Waals surface area contributed by atoms with E-state index in [1.54, 1.807) is 24.0 Å². The summed E-state index contributed by atoms with van der Waals surface area (Å²) in [6, 6.07) is 6.08. The van der Waals surface area contributed by atoms with Crippen LogP contribution in [0.2, 0.25) is 0 Å². The smallest absolute Gasteiger partial charge is 0.325 e. The van der Waals surface area contributed by atoms with Crippen LogP contribution in [0.5, 0.6) is 0 Å². The molecule has 20 heavy (non-hydrogen) atoms. The van der Waals surface area contributed by atoms with Gasteiger partial charge in [0, 0.05) is 6.04 Å². The van der Waals surface area contributed by atoms with Crippen molar-refractivity contribution in [1.29, 1.82) is 0 Å². The lowest BCUT2D eigenvalue weighted by Gasteiger charge is -2.21. The van der Waals surface area contributed by atoms with Crippen molar-refractivity contribution in [2.24, 2.45) is 0 Å². The fraction of sp³-hybridized carbons (Fsp3) is 0.467. The number of ether oxygens (including phenoxy) is 1. The Morgan fingerprint density at radius 2 is 2.15 bits per heavy atom. The zero-order chi connectivity index (χ0) is 14.5. The van der Waals surface area contributed by atoms with Crippen LogP contribution in [-0.4, -0.2) is 36.0 Å². The summed E-state index contributed by atoms with van der Waals surface area (Å²) in [5.41, 5.74) is 0.615. The summed E-state index contributed by atoms with van der Waals surface area (Å²) >= 11 is 0. The minimum atomic E-state index is -0.396. The summed E-state index contributed by atoms with van der Waals surface area (Å²) in [5, 5.41) is 0. The van der Waals surface area contributed by atoms with E-state index in [-0.39, 0.29) is 30.7 Å². The van der Waals surface area contributed by atoms with E-state index in [0.29, 0.717) is 12.2 Å². The lowest BCUT2D eigenvalue weighted by molar-refractivity contribution is -0.149. The number of esters is 1. The topological polar surface area (TPSA) is 46.6 Å². The molecular formula is C15H18FNO3. The lowest BCUT2D eigenvalue weighted by Crippen LogP contribution is -2.39. The Morgan fingerprint density at radius 1 is 1.40 bits per heavy atom. The Kier molecular flexibility index (Phi) is 4.71. The van der Waals surface area contributed by atoms with Gasteiger partial charge in [-0.15, -0.1) is 0 Å². The van der Waals surface area contributed by atoms with Gasteiger partial charge in [-0.1, -0.05) is 12.1 Å². The molecule has 0 aromatic heterocycles. The Morgan fingerprint density at radius 3 is 2.75 bits per heavy atom. The average molecular weight is 279 g/mol. The third-order valence-corrected chi connectivity index (χ3v) is 3.16. The molecule has 1 fully saturated rings. The third kappa shape index (κ3) is 4.05. The molecule has 1 saturated carbocycles. The molecule has 0 unspecified atom stereocenters. The molecule has 0 atom stereocenters. The molecule has 2 rings (SSSR count). The van der Waals surface area contributed by atoms with Crippen LogP contribution in [0.15, 0.2) is 24.3 Å². The molecule has 0 bridgehead atoms. The molecule has 0 heterocycles. The van der Waals surface area contributed by atoms with Crippen LogP contribution in [0.25, 0.3) is 0 Å². The summed E-state index contributed by atoms with van der Waals surface area (Å²) in [6.45, 7) is 2.01. The first-order chi connectivity index (χ1) is 9.60. The molecule has 1 aliphatic rings. The van der Waals surface area contributed by atoms with Crippen LogP contribution in [0.4, 0.5) is 4.39 Å². The maximum atomic E-state index is 13.1. The van der Waals surface area contributed by atoms with Crippen molar-refractivity contribution in [3.8, 4) is 0 Å². The zero-order valence-corrected chi connectivity index (χ0v) is 11.5. The number of carbonyl (C=O) groups excluding carboxylic acids is 2.